The first-order valence-electron chi connectivity index (χ1n) is 8.65. The molecule has 2 N–H and O–H groups in total. The molecular weight excluding hydrogens is 340 g/mol. The molecule has 4 nitrogen and oxygen atoms in total. The predicted molar refractivity (Wildman–Crippen MR) is 105 cm³/mol. The van der Waals surface area contributed by atoms with Crippen molar-refractivity contribution in [3.63, 3.8) is 0 Å². The topological polar surface area (TPSA) is 70.7 Å². The largest absolute Gasteiger partial charge is 0.508 e. The first-order chi connectivity index (χ1) is 13.1. The van der Waals surface area contributed by atoms with Gasteiger partial charge in [-0.05, 0) is 60.0 Å². The third kappa shape index (κ3) is 3.06. The number of hydrogen-bond donors (Lipinski definition) is 2. The number of furan rings is 1. The summed E-state index contributed by atoms with van der Waals surface area (Å²) >= 11 is 0. The van der Waals surface area contributed by atoms with Gasteiger partial charge in [-0.15, -0.1) is 0 Å². The Labute approximate surface area is 156 Å². The molecule has 4 heteroatoms. The first kappa shape index (κ1) is 16.9. The average Bonchev–Trinajstić information content (AvgIpc) is 3.02. The van der Waals surface area contributed by atoms with Gasteiger partial charge in [0.05, 0.1) is 0 Å². The predicted octanol–water partition coefficient (Wildman–Crippen LogP) is 5.23. The number of phenols is 2. The highest BCUT2D eigenvalue weighted by Crippen LogP contribution is 2.43. The molecule has 0 saturated heterocycles. The molecule has 0 atom stereocenters. The minimum atomic E-state index is 0.170. The van der Waals surface area contributed by atoms with Crippen molar-refractivity contribution in [3.8, 4) is 33.9 Å². The number of aldehydes is 1. The Morgan fingerprint density at radius 1 is 0.926 bits per heavy atom. The third-order valence-corrected chi connectivity index (χ3v) is 4.62. The molecule has 4 rings (SSSR count). The average molecular weight is 358 g/mol. The van der Waals surface area contributed by atoms with Crippen LogP contribution in [0.25, 0.3) is 33.4 Å². The molecule has 27 heavy (non-hydrogen) atoms. The van der Waals surface area contributed by atoms with Crippen molar-refractivity contribution in [2.45, 2.75) is 13.3 Å². The summed E-state index contributed by atoms with van der Waals surface area (Å²) in [4.78, 5) is 10.9. The first-order valence-corrected chi connectivity index (χ1v) is 8.65. The van der Waals surface area contributed by atoms with Crippen LogP contribution < -0.4 is 0 Å². The SMILES string of the molecule is Cc1cc(O)cc2c(-c3cccc(CC=O)c3)c(-c3ccc(O)cc3)oc12. The Morgan fingerprint density at radius 2 is 1.70 bits per heavy atom. The lowest BCUT2D eigenvalue weighted by Gasteiger charge is -2.06. The van der Waals surface area contributed by atoms with Gasteiger partial charge in [-0.25, -0.2) is 0 Å². The van der Waals surface area contributed by atoms with Gasteiger partial charge in [0.15, 0.2) is 0 Å². The summed E-state index contributed by atoms with van der Waals surface area (Å²) in [6, 6.07) is 17.9. The number of fused-ring (bicyclic) bond motifs is 1. The number of hydrogen-bond acceptors (Lipinski definition) is 4. The van der Waals surface area contributed by atoms with E-state index in [2.05, 4.69) is 0 Å². The van der Waals surface area contributed by atoms with Crippen molar-refractivity contribution in [1.29, 1.82) is 0 Å². The maximum atomic E-state index is 10.9. The van der Waals surface area contributed by atoms with Crippen molar-refractivity contribution in [2.24, 2.45) is 0 Å². The standard InChI is InChI=1S/C23H18O4/c1-14-11-19(26)13-20-21(17-4-2-3-15(12-17)9-10-24)23(27-22(14)20)16-5-7-18(25)8-6-16/h2-8,10-13,25-26H,9H2,1H3. The monoisotopic (exact) mass is 358 g/mol. The fraction of sp³-hybridized carbons (Fsp3) is 0.0870. The van der Waals surface area contributed by atoms with E-state index in [4.69, 9.17) is 4.42 Å². The van der Waals surface area contributed by atoms with E-state index in [1.165, 1.54) is 0 Å². The van der Waals surface area contributed by atoms with E-state index in [0.717, 1.165) is 39.5 Å². The fourth-order valence-corrected chi connectivity index (χ4v) is 3.40. The van der Waals surface area contributed by atoms with Gasteiger partial charge in [-0.2, -0.15) is 0 Å². The number of aryl methyl sites for hydroxylation is 1. The Morgan fingerprint density at radius 3 is 2.44 bits per heavy atom. The number of aromatic hydroxyl groups is 2. The van der Waals surface area contributed by atoms with Crippen molar-refractivity contribution < 1.29 is 19.4 Å². The number of rotatable bonds is 4. The van der Waals surface area contributed by atoms with Crippen molar-refractivity contribution in [1.82, 2.24) is 0 Å². The van der Waals surface area contributed by atoms with Crippen molar-refractivity contribution in [3.05, 3.63) is 71.8 Å². The quantitative estimate of drug-likeness (QED) is 0.490. The molecule has 0 fully saturated rings. The molecule has 0 unspecified atom stereocenters. The highest BCUT2D eigenvalue weighted by molar-refractivity contribution is 6.03. The molecule has 4 aromatic rings. The normalized spacial score (nSPS) is 11.0. The van der Waals surface area contributed by atoms with Crippen LogP contribution >= 0.6 is 0 Å². The summed E-state index contributed by atoms with van der Waals surface area (Å²) in [7, 11) is 0. The molecule has 1 heterocycles. The van der Waals surface area contributed by atoms with Crippen LogP contribution in [0.5, 0.6) is 11.5 Å². The van der Waals surface area contributed by atoms with Gasteiger partial charge in [0, 0.05) is 22.9 Å². The van der Waals surface area contributed by atoms with Gasteiger partial charge in [0.1, 0.15) is 29.1 Å². The Kier molecular flexibility index (Phi) is 4.16. The minimum absolute atomic E-state index is 0.170. The van der Waals surface area contributed by atoms with E-state index < -0.39 is 0 Å². The lowest BCUT2D eigenvalue weighted by atomic mass is 9.96. The zero-order chi connectivity index (χ0) is 19.0. The summed E-state index contributed by atoms with van der Waals surface area (Å²) in [6.45, 7) is 1.89. The van der Waals surface area contributed by atoms with Crippen LogP contribution in [0.15, 0.2) is 65.1 Å². The Balaban J connectivity index is 2.04. The smallest absolute Gasteiger partial charge is 0.143 e. The van der Waals surface area contributed by atoms with E-state index in [1.807, 2.05) is 31.2 Å². The molecule has 0 aliphatic rings. The number of phenolic OH excluding ortho intramolecular Hbond substituents is 2. The summed E-state index contributed by atoms with van der Waals surface area (Å²) in [5.41, 5.74) is 5.01. The maximum Gasteiger partial charge on any atom is 0.143 e. The fourth-order valence-electron chi connectivity index (χ4n) is 3.40. The molecule has 0 aliphatic carbocycles. The van der Waals surface area contributed by atoms with Gasteiger partial charge in [0.2, 0.25) is 0 Å². The zero-order valence-electron chi connectivity index (χ0n) is 14.8. The van der Waals surface area contributed by atoms with Gasteiger partial charge in [-0.3, -0.25) is 0 Å². The summed E-state index contributed by atoms with van der Waals surface area (Å²) < 4.78 is 6.20. The van der Waals surface area contributed by atoms with Gasteiger partial charge in [-0.1, -0.05) is 24.3 Å². The lowest BCUT2D eigenvalue weighted by Crippen LogP contribution is -1.87. The summed E-state index contributed by atoms with van der Waals surface area (Å²) in [5.74, 6) is 1.00. The number of benzene rings is 3. The van der Waals surface area contributed by atoms with Crippen molar-refractivity contribution >= 4 is 17.3 Å². The maximum absolute atomic E-state index is 10.9. The molecule has 0 spiro atoms. The van der Waals surface area contributed by atoms with E-state index in [0.29, 0.717) is 17.8 Å². The van der Waals surface area contributed by atoms with Gasteiger partial charge < -0.3 is 19.4 Å². The van der Waals surface area contributed by atoms with Gasteiger partial charge in [0.25, 0.3) is 0 Å². The van der Waals surface area contributed by atoms with Crippen LogP contribution in [0, 0.1) is 6.92 Å². The highest BCUT2D eigenvalue weighted by atomic mass is 16.3. The second kappa shape index (κ2) is 6.65. The van der Waals surface area contributed by atoms with Crippen LogP contribution in [-0.2, 0) is 11.2 Å². The second-order valence-corrected chi connectivity index (χ2v) is 6.56. The molecule has 0 amide bonds. The van der Waals surface area contributed by atoms with Crippen LogP contribution in [-0.4, -0.2) is 16.5 Å². The van der Waals surface area contributed by atoms with Crippen LogP contribution in [0.1, 0.15) is 11.1 Å². The second-order valence-electron chi connectivity index (χ2n) is 6.56. The number of carbonyl (C=O) groups excluding carboxylic acids is 1. The van der Waals surface area contributed by atoms with E-state index in [9.17, 15) is 15.0 Å². The highest BCUT2D eigenvalue weighted by Gasteiger charge is 2.20. The lowest BCUT2D eigenvalue weighted by molar-refractivity contribution is -0.107. The molecule has 0 bridgehead atoms. The van der Waals surface area contributed by atoms with E-state index >= 15 is 0 Å². The third-order valence-electron chi connectivity index (χ3n) is 4.62. The van der Waals surface area contributed by atoms with E-state index in [1.54, 1.807) is 36.4 Å². The minimum Gasteiger partial charge on any atom is -0.508 e. The van der Waals surface area contributed by atoms with Crippen LogP contribution in [0.4, 0.5) is 0 Å². The van der Waals surface area contributed by atoms with E-state index in [-0.39, 0.29) is 11.5 Å². The molecule has 0 radical (unpaired) electrons. The molecule has 134 valence electrons. The summed E-state index contributed by atoms with van der Waals surface area (Å²) in [6.07, 6.45) is 1.21. The Hall–Kier alpha value is -3.53. The van der Waals surface area contributed by atoms with Gasteiger partial charge >= 0.3 is 0 Å². The molecular formula is C23H18O4. The van der Waals surface area contributed by atoms with Crippen molar-refractivity contribution in [2.75, 3.05) is 0 Å². The van der Waals surface area contributed by atoms with Crippen LogP contribution in [0.3, 0.4) is 0 Å². The summed E-state index contributed by atoms with van der Waals surface area (Å²) in [5, 5.41) is 20.5. The van der Waals surface area contributed by atoms with Crippen LogP contribution in [0.2, 0.25) is 0 Å². The Bertz CT molecular complexity index is 1140. The molecule has 0 saturated carbocycles. The molecule has 0 aliphatic heterocycles. The molecule has 1 aromatic heterocycles. The zero-order valence-corrected chi connectivity index (χ0v) is 14.8. The number of carbonyl (C=O) groups is 1. The molecule has 3 aromatic carbocycles.